The van der Waals surface area contributed by atoms with Crippen molar-refractivity contribution in [3.05, 3.63) is 41.6 Å². The Morgan fingerprint density at radius 3 is 2.89 bits per heavy atom. The number of carbonyl (C=O) groups excluding carboxylic acids is 2. The molecule has 5 nitrogen and oxygen atoms in total. The second kappa shape index (κ2) is 7.61. The highest BCUT2D eigenvalue weighted by atomic mass is 16.5. The summed E-state index contributed by atoms with van der Waals surface area (Å²) < 4.78 is 10.6. The van der Waals surface area contributed by atoms with Crippen LogP contribution in [0.25, 0.3) is 21.7 Å². The summed E-state index contributed by atoms with van der Waals surface area (Å²) >= 11 is 0. The number of unbranched alkanes of at least 4 members (excludes halogenated alkanes) is 1. The lowest BCUT2D eigenvalue weighted by atomic mass is 9.83. The number of methoxy groups -OCH3 is 1. The van der Waals surface area contributed by atoms with Gasteiger partial charge >= 0.3 is 0 Å². The van der Waals surface area contributed by atoms with Gasteiger partial charge in [-0.1, -0.05) is 29.4 Å². The maximum Gasteiger partial charge on any atom is 0.167 e. The van der Waals surface area contributed by atoms with E-state index in [1.54, 1.807) is 7.11 Å². The molecular formula is C22H23NO4. The molecule has 1 aliphatic rings. The van der Waals surface area contributed by atoms with Gasteiger partial charge in [-0.3, -0.25) is 9.59 Å². The Kier molecular flexibility index (Phi) is 5.03. The summed E-state index contributed by atoms with van der Waals surface area (Å²) in [6.07, 6.45) is 4.11. The maximum atomic E-state index is 12.4. The normalized spacial score (nSPS) is 17.9. The molecule has 0 unspecified atom stereocenters. The van der Waals surface area contributed by atoms with Gasteiger partial charge in [0.05, 0.1) is 17.7 Å². The van der Waals surface area contributed by atoms with Crippen LogP contribution in [0.5, 0.6) is 0 Å². The van der Waals surface area contributed by atoms with Gasteiger partial charge in [0.1, 0.15) is 17.3 Å². The van der Waals surface area contributed by atoms with E-state index in [-0.39, 0.29) is 23.9 Å². The van der Waals surface area contributed by atoms with Crippen molar-refractivity contribution in [3.63, 3.8) is 0 Å². The fourth-order valence-corrected chi connectivity index (χ4v) is 3.97. The molecule has 0 radical (unpaired) electrons. The molecule has 0 amide bonds. The zero-order chi connectivity index (χ0) is 18.8. The van der Waals surface area contributed by atoms with Crippen molar-refractivity contribution in [1.82, 2.24) is 5.16 Å². The molecule has 1 heterocycles. The van der Waals surface area contributed by atoms with E-state index in [9.17, 15) is 9.59 Å². The van der Waals surface area contributed by atoms with Crippen LogP contribution in [0, 0.1) is 0 Å². The fraction of sp³-hybridized carbons (Fsp3) is 0.409. The average molecular weight is 365 g/mol. The smallest absolute Gasteiger partial charge is 0.167 e. The summed E-state index contributed by atoms with van der Waals surface area (Å²) in [5.74, 6) is -0.372. The summed E-state index contributed by atoms with van der Waals surface area (Å²) in [6, 6.07) is 10.4. The topological polar surface area (TPSA) is 69.4 Å². The molecule has 1 atom stereocenters. The van der Waals surface area contributed by atoms with Gasteiger partial charge in [-0.2, -0.15) is 0 Å². The summed E-state index contributed by atoms with van der Waals surface area (Å²) in [4.78, 5) is 24.0. The quantitative estimate of drug-likeness (QED) is 0.480. The van der Waals surface area contributed by atoms with E-state index < -0.39 is 0 Å². The van der Waals surface area contributed by atoms with E-state index in [4.69, 9.17) is 9.26 Å². The standard InChI is InChI=1S/C22H23NO4/c1-26-11-3-2-4-14-5-8-17-15(12-14)6-10-20-21(17)22(23-27-20)18-9-7-16(24)13-19(18)25/h5-6,8,10,12,18H,2-4,7,9,11,13H2,1H3/t18-/m1/s1. The van der Waals surface area contributed by atoms with Crippen LogP contribution in [0.15, 0.2) is 34.9 Å². The number of rotatable bonds is 6. The van der Waals surface area contributed by atoms with Crippen LogP contribution in [-0.4, -0.2) is 30.4 Å². The first-order chi connectivity index (χ1) is 13.2. The number of ketones is 2. The minimum atomic E-state index is -0.344. The second-order valence-electron chi connectivity index (χ2n) is 7.28. The minimum absolute atomic E-state index is 0.00933. The Morgan fingerprint density at radius 1 is 1.19 bits per heavy atom. The van der Waals surface area contributed by atoms with Gasteiger partial charge in [0.2, 0.25) is 0 Å². The van der Waals surface area contributed by atoms with Crippen LogP contribution in [0.3, 0.4) is 0 Å². The lowest BCUT2D eigenvalue weighted by Gasteiger charge is -2.18. The van der Waals surface area contributed by atoms with E-state index in [1.165, 1.54) is 5.56 Å². The van der Waals surface area contributed by atoms with Crippen LogP contribution in [0.1, 0.15) is 49.3 Å². The van der Waals surface area contributed by atoms with Crippen molar-refractivity contribution in [2.24, 2.45) is 0 Å². The van der Waals surface area contributed by atoms with Gasteiger partial charge in [0, 0.05) is 20.1 Å². The SMILES string of the molecule is COCCCCc1ccc2c(ccc3onc([C@@H]4CCC(=O)CC4=O)c32)c1. The largest absolute Gasteiger partial charge is 0.385 e. The minimum Gasteiger partial charge on any atom is -0.385 e. The number of benzene rings is 2. The molecule has 2 aromatic carbocycles. The Bertz CT molecular complexity index is 1000. The fourth-order valence-electron chi connectivity index (χ4n) is 3.97. The number of fused-ring (bicyclic) bond motifs is 3. The lowest BCUT2D eigenvalue weighted by molar-refractivity contribution is -0.130. The monoisotopic (exact) mass is 365 g/mol. The van der Waals surface area contributed by atoms with Crippen molar-refractivity contribution in [1.29, 1.82) is 0 Å². The van der Waals surface area contributed by atoms with Crippen molar-refractivity contribution in [3.8, 4) is 0 Å². The average Bonchev–Trinajstić information content (AvgIpc) is 3.09. The third kappa shape index (κ3) is 3.52. The van der Waals surface area contributed by atoms with E-state index in [0.29, 0.717) is 24.1 Å². The first kappa shape index (κ1) is 17.9. The summed E-state index contributed by atoms with van der Waals surface area (Å²) in [6.45, 7) is 0.788. The van der Waals surface area contributed by atoms with Gasteiger partial charge in [0.15, 0.2) is 5.58 Å². The molecule has 1 saturated carbocycles. The number of hydrogen-bond donors (Lipinski definition) is 0. The van der Waals surface area contributed by atoms with Crippen molar-refractivity contribution < 1.29 is 18.8 Å². The summed E-state index contributed by atoms with van der Waals surface area (Å²) in [7, 11) is 1.73. The van der Waals surface area contributed by atoms with E-state index in [1.807, 2.05) is 12.1 Å². The molecule has 1 aliphatic carbocycles. The number of carbonyl (C=O) groups is 2. The van der Waals surface area contributed by atoms with Gasteiger partial charge in [-0.25, -0.2) is 0 Å². The van der Waals surface area contributed by atoms with Crippen LogP contribution in [-0.2, 0) is 20.7 Å². The number of hydrogen-bond acceptors (Lipinski definition) is 5. The molecule has 3 aromatic rings. The van der Waals surface area contributed by atoms with E-state index >= 15 is 0 Å². The molecular weight excluding hydrogens is 342 g/mol. The second-order valence-corrected chi connectivity index (χ2v) is 7.28. The third-order valence-corrected chi connectivity index (χ3v) is 5.41. The van der Waals surface area contributed by atoms with E-state index in [0.717, 1.165) is 42.0 Å². The Balaban J connectivity index is 1.69. The number of Topliss-reactive ketones (excluding diaryl/α,β-unsaturated/α-hetero) is 2. The van der Waals surface area contributed by atoms with Gasteiger partial charge < -0.3 is 9.26 Å². The highest BCUT2D eigenvalue weighted by Crippen LogP contribution is 2.36. The maximum absolute atomic E-state index is 12.4. The van der Waals surface area contributed by atoms with Crippen LogP contribution in [0.2, 0.25) is 0 Å². The summed E-state index contributed by atoms with van der Waals surface area (Å²) in [5, 5.41) is 7.30. The van der Waals surface area contributed by atoms with Crippen LogP contribution >= 0.6 is 0 Å². The van der Waals surface area contributed by atoms with E-state index in [2.05, 4.69) is 23.4 Å². The molecule has 0 N–H and O–H groups in total. The molecule has 1 fully saturated rings. The Morgan fingerprint density at radius 2 is 2.07 bits per heavy atom. The highest BCUT2D eigenvalue weighted by molar-refractivity contribution is 6.11. The number of nitrogens with zero attached hydrogens (tertiary/aromatic N) is 1. The molecule has 0 bridgehead atoms. The third-order valence-electron chi connectivity index (χ3n) is 5.41. The Hall–Kier alpha value is -2.53. The van der Waals surface area contributed by atoms with Crippen LogP contribution < -0.4 is 0 Å². The predicted molar refractivity (Wildman–Crippen MR) is 103 cm³/mol. The number of aryl methyl sites for hydroxylation is 1. The van der Waals surface area contributed by atoms with Gasteiger partial charge in [-0.15, -0.1) is 0 Å². The molecule has 27 heavy (non-hydrogen) atoms. The molecule has 4 rings (SSSR count). The van der Waals surface area contributed by atoms with Crippen LogP contribution in [0.4, 0.5) is 0 Å². The predicted octanol–water partition coefficient (Wildman–Crippen LogP) is 4.36. The highest BCUT2D eigenvalue weighted by Gasteiger charge is 2.32. The molecule has 0 aliphatic heterocycles. The van der Waals surface area contributed by atoms with Crippen molar-refractivity contribution >= 4 is 33.3 Å². The number of aromatic nitrogens is 1. The van der Waals surface area contributed by atoms with Crippen molar-refractivity contribution in [2.75, 3.05) is 13.7 Å². The zero-order valence-corrected chi connectivity index (χ0v) is 15.5. The molecule has 0 saturated heterocycles. The Labute approximate surface area is 157 Å². The van der Waals surface area contributed by atoms with Crippen molar-refractivity contribution in [2.45, 2.75) is 44.4 Å². The van der Waals surface area contributed by atoms with Gasteiger partial charge in [-0.05, 0) is 48.1 Å². The summed E-state index contributed by atoms with van der Waals surface area (Å²) in [5.41, 5.74) is 2.66. The zero-order valence-electron chi connectivity index (χ0n) is 15.5. The molecule has 0 spiro atoms. The molecule has 140 valence electrons. The molecule has 5 heteroatoms. The molecule has 1 aromatic heterocycles. The lowest BCUT2D eigenvalue weighted by Crippen LogP contribution is -2.23. The first-order valence-electron chi connectivity index (χ1n) is 9.51. The number of ether oxygens (including phenoxy) is 1. The first-order valence-corrected chi connectivity index (χ1v) is 9.51. The van der Waals surface area contributed by atoms with Gasteiger partial charge in [0.25, 0.3) is 0 Å².